The van der Waals surface area contributed by atoms with Gasteiger partial charge in [-0.1, -0.05) is 60.7 Å². The average Bonchev–Trinajstić information content (AvgIpc) is 3.51. The Bertz CT molecular complexity index is 3210. The molecule has 2 saturated heterocycles. The van der Waals surface area contributed by atoms with Gasteiger partial charge in [-0.25, -0.2) is 10.9 Å². The Labute approximate surface area is 490 Å². The number of fused-ring (bicyclic) bond motifs is 8. The van der Waals surface area contributed by atoms with Gasteiger partial charge in [0.25, 0.3) is 23.6 Å². The molecule has 452 valence electrons. The number of ether oxygens (including phenoxy) is 3. The smallest absolute Gasteiger partial charge is 0.316 e. The zero-order chi connectivity index (χ0) is 61.6. The van der Waals surface area contributed by atoms with Crippen LogP contribution in [0.1, 0.15) is 150 Å². The number of nitrogens with zero attached hydrogens (tertiary/aromatic N) is 4. The Kier molecular flexibility index (Phi) is 20.2. The molecule has 0 unspecified atom stereocenters. The van der Waals surface area contributed by atoms with E-state index in [0.29, 0.717) is 50.2 Å². The maximum atomic E-state index is 13.6. The molecule has 22 heteroatoms. The van der Waals surface area contributed by atoms with Crippen molar-refractivity contribution in [3.8, 4) is 0 Å². The maximum Gasteiger partial charge on any atom is 0.316 e. The van der Waals surface area contributed by atoms with E-state index in [1.165, 1.54) is 23.9 Å². The molecule has 10 atom stereocenters. The van der Waals surface area contributed by atoms with Gasteiger partial charge in [-0.3, -0.25) is 58.3 Å². The number of benzene rings is 2. The Balaban J connectivity index is 0.000000242. The molecule has 10 bridgehead atoms. The lowest BCUT2D eigenvalue weighted by molar-refractivity contribution is -0.177. The van der Waals surface area contributed by atoms with E-state index >= 15 is 0 Å². The van der Waals surface area contributed by atoms with Crippen LogP contribution in [0.2, 0.25) is 0 Å². The number of carbonyl (C=O) groups excluding carboxylic acids is 8. The highest BCUT2D eigenvalue weighted by molar-refractivity contribution is 5.93. The largest absolute Gasteiger partial charge is 0.449 e. The first kappa shape index (κ1) is 63.9. The number of cyclic esters (lactones) is 2. The van der Waals surface area contributed by atoms with Crippen molar-refractivity contribution < 1.29 is 57.7 Å². The van der Waals surface area contributed by atoms with Crippen molar-refractivity contribution >= 4 is 81.3 Å². The van der Waals surface area contributed by atoms with E-state index in [1.807, 2.05) is 101 Å². The molecule has 22 nitrogen and oxygen atoms in total. The van der Waals surface area contributed by atoms with Crippen molar-refractivity contribution in [3.63, 3.8) is 0 Å². The van der Waals surface area contributed by atoms with Crippen LogP contribution in [0.3, 0.4) is 0 Å². The second kappa shape index (κ2) is 26.5. The second-order valence-electron chi connectivity index (χ2n) is 24.4. The van der Waals surface area contributed by atoms with Crippen molar-refractivity contribution in [3.05, 3.63) is 95.3 Å². The van der Waals surface area contributed by atoms with Crippen molar-refractivity contribution in [1.29, 1.82) is 0 Å². The molecule has 0 aliphatic carbocycles. The SMILES string of the molecule is C[C@@H]1NC(=O)[C@H]([C@@H](C)O)OC(=O)C(C)(C)/C=C/c2ccc3ccc(nc3c2)[C@@H](C)NC(=O)[C@@H]2CCCN(N2)C1=O.C[C@@H]1NC(=O)[C@H]([C@@H](C)OC(C)(C)C)OC(=O)C(C)(C)/C=C/c2ccc3ccc(nc3c2)[C@@H](C)NC(=O)[C@@H]2CCCN(N2)C1=O. The van der Waals surface area contributed by atoms with Gasteiger partial charge < -0.3 is 40.6 Å². The van der Waals surface area contributed by atoms with Gasteiger partial charge in [0.2, 0.25) is 24.0 Å². The lowest BCUT2D eigenvalue weighted by atomic mass is 9.92. The fourth-order valence-electron chi connectivity index (χ4n) is 9.85. The molecule has 7 N–H and O–H groups in total. The van der Waals surface area contributed by atoms with Crippen LogP contribution in [0.15, 0.2) is 72.8 Å². The number of aromatic nitrogens is 2. The summed E-state index contributed by atoms with van der Waals surface area (Å²) >= 11 is 0. The molecular formula is C62H82N10O12. The Hall–Kier alpha value is -7.66. The molecule has 2 aromatic carbocycles. The summed E-state index contributed by atoms with van der Waals surface area (Å²) < 4.78 is 17.3. The Morgan fingerprint density at radius 1 is 0.571 bits per heavy atom. The predicted octanol–water partition coefficient (Wildman–Crippen LogP) is 5.34. The number of nitrogens with one attached hydrogen (secondary N) is 6. The van der Waals surface area contributed by atoms with E-state index in [0.717, 1.165) is 32.9 Å². The predicted molar refractivity (Wildman–Crippen MR) is 315 cm³/mol. The standard InChI is InChI=1S/C33H45N5O6.C29H37N5O6/c1-19-24-14-13-23-12-11-22(18-26(23)36-24)15-16-33(7,8)31(42)43-27(21(3)44-32(4,5)6)29(40)35-20(2)30(41)38-17-9-10-25(37-38)28(39)34-19;1-16-21-11-10-20-9-8-19(15-23(20)32-21)12-13-29(4,5)28(39)40-24(18(3)35)26(37)31-17(2)27(38)34-14-6-7-22(33-34)25(36)30-16/h11-16,18-21,25,27,37H,9-10,17H2,1-8H3,(H,34,39)(H,35,40);8-13,15-18,22,24,33,35H,6-7,14H2,1-5H3,(H,30,36)(H,31,37)/b16-15+;13-12+/t19-,20+,21-,25+,27+;16-,17+,18-,22+,24+/m11/s1. The molecule has 0 radical (unpaired) electrons. The van der Waals surface area contributed by atoms with Crippen LogP contribution in [0.25, 0.3) is 34.0 Å². The van der Waals surface area contributed by atoms with Gasteiger partial charge in [-0.2, -0.15) is 0 Å². The number of pyridine rings is 2. The molecule has 4 aliphatic rings. The summed E-state index contributed by atoms with van der Waals surface area (Å²) in [6.07, 6.45) is 4.23. The molecule has 8 rings (SSSR count). The first-order valence-electron chi connectivity index (χ1n) is 28.7. The van der Waals surface area contributed by atoms with Crippen LogP contribution in [-0.2, 0) is 52.6 Å². The van der Waals surface area contributed by atoms with Crippen LogP contribution in [0.4, 0.5) is 0 Å². The van der Waals surface area contributed by atoms with Gasteiger partial charge in [0.05, 0.1) is 57.0 Å². The summed E-state index contributed by atoms with van der Waals surface area (Å²) in [4.78, 5) is 116. The highest BCUT2D eigenvalue weighted by Gasteiger charge is 2.40. The number of rotatable bonds is 3. The van der Waals surface area contributed by atoms with Gasteiger partial charge in [0.15, 0.2) is 0 Å². The topological polar surface area (TPSA) is 289 Å². The summed E-state index contributed by atoms with van der Waals surface area (Å²) in [6, 6.07) is 15.1. The number of aliphatic hydroxyl groups excluding tert-OH is 1. The lowest BCUT2D eigenvalue weighted by Crippen LogP contribution is -2.61. The molecule has 84 heavy (non-hydrogen) atoms. The number of carbonyl (C=O) groups is 8. The van der Waals surface area contributed by atoms with Gasteiger partial charge >= 0.3 is 11.9 Å². The van der Waals surface area contributed by atoms with E-state index in [1.54, 1.807) is 59.8 Å². The first-order chi connectivity index (χ1) is 39.4. The molecule has 2 fully saturated rings. The molecule has 0 spiro atoms. The van der Waals surface area contributed by atoms with Crippen molar-refractivity contribution in [2.45, 2.75) is 182 Å². The number of esters is 2. The summed E-state index contributed by atoms with van der Waals surface area (Å²) in [5.74, 6) is -4.19. The summed E-state index contributed by atoms with van der Waals surface area (Å²) in [5.41, 5.74) is 7.59. The van der Waals surface area contributed by atoms with E-state index in [4.69, 9.17) is 24.2 Å². The Morgan fingerprint density at radius 3 is 1.36 bits per heavy atom. The zero-order valence-electron chi connectivity index (χ0n) is 50.3. The van der Waals surface area contributed by atoms with Crippen LogP contribution >= 0.6 is 0 Å². The summed E-state index contributed by atoms with van der Waals surface area (Å²) in [6.45, 7) is 22.7. The quantitative estimate of drug-likeness (QED) is 0.128. The summed E-state index contributed by atoms with van der Waals surface area (Å²) in [7, 11) is 0. The normalized spacial score (nSPS) is 27.4. The molecule has 6 amide bonds. The van der Waals surface area contributed by atoms with Gasteiger partial charge in [0, 0.05) is 23.9 Å². The summed E-state index contributed by atoms with van der Waals surface area (Å²) in [5, 5.41) is 26.0. The molecule has 2 aromatic heterocycles. The number of amides is 6. The molecule has 6 heterocycles. The third-order valence-electron chi connectivity index (χ3n) is 14.9. The number of hydrogen-bond donors (Lipinski definition) is 7. The fraction of sp³-hybridized carbons (Fsp3) is 0.516. The molecule has 0 saturated carbocycles. The van der Waals surface area contributed by atoms with Crippen LogP contribution in [0.5, 0.6) is 0 Å². The van der Waals surface area contributed by atoms with Gasteiger partial charge in [-0.05, 0) is 151 Å². The molecular weight excluding hydrogens is 1080 g/mol. The Morgan fingerprint density at radius 2 is 0.952 bits per heavy atom. The van der Waals surface area contributed by atoms with Crippen LogP contribution in [0, 0.1) is 10.8 Å². The van der Waals surface area contributed by atoms with Crippen molar-refractivity contribution in [2.24, 2.45) is 10.8 Å². The monoisotopic (exact) mass is 1160 g/mol. The van der Waals surface area contributed by atoms with Crippen LogP contribution < -0.4 is 32.1 Å². The van der Waals surface area contributed by atoms with Gasteiger partial charge in [0.1, 0.15) is 30.3 Å². The first-order valence-corrected chi connectivity index (χ1v) is 28.7. The van der Waals surface area contributed by atoms with E-state index in [9.17, 15) is 43.5 Å². The van der Waals surface area contributed by atoms with Crippen LogP contribution in [-0.4, -0.2) is 140 Å². The minimum absolute atomic E-state index is 0.251. The third-order valence-corrected chi connectivity index (χ3v) is 14.9. The van der Waals surface area contributed by atoms with Gasteiger partial charge in [-0.15, -0.1) is 0 Å². The third kappa shape index (κ3) is 16.2. The second-order valence-corrected chi connectivity index (χ2v) is 24.4. The molecule has 4 aliphatic heterocycles. The maximum absolute atomic E-state index is 13.6. The van der Waals surface area contributed by atoms with Crippen molar-refractivity contribution in [2.75, 3.05) is 13.1 Å². The van der Waals surface area contributed by atoms with E-state index in [2.05, 4.69) is 32.1 Å². The average molecular weight is 1160 g/mol. The lowest BCUT2D eigenvalue weighted by Gasteiger charge is -2.36. The highest BCUT2D eigenvalue weighted by Crippen LogP contribution is 2.28. The number of hydrogen-bond acceptors (Lipinski definition) is 16. The zero-order valence-corrected chi connectivity index (χ0v) is 50.3. The highest BCUT2D eigenvalue weighted by atomic mass is 16.6. The number of aliphatic hydroxyl groups is 1. The fourth-order valence-corrected chi connectivity index (χ4v) is 9.85. The minimum Gasteiger partial charge on any atom is -0.449 e. The van der Waals surface area contributed by atoms with E-state index in [-0.39, 0.29) is 23.9 Å². The molecule has 4 aromatic rings. The van der Waals surface area contributed by atoms with E-state index < -0.39 is 101 Å². The number of hydrazine groups is 2. The minimum atomic E-state index is -1.53. The van der Waals surface area contributed by atoms with Crippen molar-refractivity contribution in [1.82, 2.24) is 52.1 Å².